The molecule has 0 aliphatic carbocycles. The number of hydrogen-bond donors (Lipinski definition) is 0. The van der Waals surface area contributed by atoms with Crippen molar-refractivity contribution < 1.29 is 9.53 Å². The molecule has 3 aromatic rings. The van der Waals surface area contributed by atoms with Gasteiger partial charge >= 0.3 is 5.97 Å². The highest BCUT2D eigenvalue weighted by Crippen LogP contribution is 2.23. The van der Waals surface area contributed by atoms with E-state index < -0.39 is 0 Å². The summed E-state index contributed by atoms with van der Waals surface area (Å²) in [6.07, 6.45) is 11.9. The third-order valence-electron chi connectivity index (χ3n) is 4.75. The molecule has 1 atom stereocenters. The molecule has 1 fully saturated rings. The van der Waals surface area contributed by atoms with Crippen LogP contribution in [0.15, 0.2) is 61.3 Å². The topological polar surface area (TPSA) is 73.1 Å². The number of esters is 1. The normalized spacial score (nSPS) is 16.9. The van der Waals surface area contributed by atoms with Crippen LogP contribution in [-0.4, -0.2) is 44.9 Å². The molecule has 3 heterocycles. The highest BCUT2D eigenvalue weighted by Gasteiger charge is 2.25. The molecule has 1 aliphatic heterocycles. The second-order valence-corrected chi connectivity index (χ2v) is 6.50. The van der Waals surface area contributed by atoms with Gasteiger partial charge < -0.3 is 9.64 Å². The fourth-order valence-electron chi connectivity index (χ4n) is 3.34. The third-order valence-corrected chi connectivity index (χ3v) is 4.75. The quantitative estimate of drug-likeness (QED) is 0.649. The van der Waals surface area contributed by atoms with E-state index in [1.807, 2.05) is 24.4 Å². The van der Waals surface area contributed by atoms with Crippen LogP contribution in [0.4, 0.5) is 5.82 Å². The van der Waals surface area contributed by atoms with Crippen LogP contribution in [0.25, 0.3) is 5.69 Å². The average molecular weight is 363 g/mol. The van der Waals surface area contributed by atoms with Gasteiger partial charge in [-0.3, -0.25) is 4.98 Å². The summed E-state index contributed by atoms with van der Waals surface area (Å²) < 4.78 is 7.34. The summed E-state index contributed by atoms with van der Waals surface area (Å²) in [5.74, 6) is 0.522. The standard InChI is InChI=1S/C20H21N5O2/c26-20(16-5-7-17(8-6-16)25-13-3-9-23-25)27-15-18-4-1-2-12-24(18)19-14-21-10-11-22-19/h3,5-11,13-14,18H,1-2,4,12,15H2/t18-/m1/s1. The molecule has 0 radical (unpaired) electrons. The summed E-state index contributed by atoms with van der Waals surface area (Å²) in [5, 5.41) is 4.18. The number of carbonyl (C=O) groups excluding carboxylic acids is 1. The lowest BCUT2D eigenvalue weighted by molar-refractivity contribution is 0.0467. The molecular formula is C20H21N5O2. The largest absolute Gasteiger partial charge is 0.460 e. The van der Waals surface area contributed by atoms with Crippen molar-refractivity contribution in [1.29, 1.82) is 0 Å². The van der Waals surface area contributed by atoms with Crippen molar-refractivity contribution in [2.75, 3.05) is 18.1 Å². The molecule has 0 N–H and O–H groups in total. The Hall–Kier alpha value is -3.22. The Morgan fingerprint density at radius 1 is 1.15 bits per heavy atom. The summed E-state index contributed by atoms with van der Waals surface area (Å²) in [6.45, 7) is 1.25. The first kappa shape index (κ1) is 17.2. The zero-order valence-corrected chi connectivity index (χ0v) is 14.9. The Balaban J connectivity index is 1.39. The van der Waals surface area contributed by atoms with Gasteiger partial charge in [-0.25, -0.2) is 14.5 Å². The van der Waals surface area contributed by atoms with Crippen molar-refractivity contribution in [3.63, 3.8) is 0 Å². The highest BCUT2D eigenvalue weighted by molar-refractivity contribution is 5.89. The molecule has 1 aromatic carbocycles. The van der Waals surface area contributed by atoms with E-state index in [1.165, 1.54) is 0 Å². The number of carbonyl (C=O) groups is 1. The van der Waals surface area contributed by atoms with E-state index in [2.05, 4.69) is 20.0 Å². The van der Waals surface area contributed by atoms with Gasteiger partial charge in [0.2, 0.25) is 0 Å². The molecular weight excluding hydrogens is 342 g/mol. The molecule has 7 nitrogen and oxygen atoms in total. The number of aromatic nitrogens is 4. The van der Waals surface area contributed by atoms with Crippen molar-refractivity contribution in [3.05, 3.63) is 66.9 Å². The lowest BCUT2D eigenvalue weighted by Gasteiger charge is -2.35. The van der Waals surface area contributed by atoms with E-state index in [0.717, 1.165) is 37.3 Å². The average Bonchev–Trinajstić information content (AvgIpc) is 3.28. The second kappa shape index (κ2) is 7.99. The van der Waals surface area contributed by atoms with Gasteiger partial charge in [-0.05, 0) is 49.6 Å². The number of rotatable bonds is 5. The number of nitrogens with zero attached hydrogens (tertiary/aromatic N) is 5. The van der Waals surface area contributed by atoms with Gasteiger partial charge in [-0.1, -0.05) is 0 Å². The molecule has 0 unspecified atom stereocenters. The maximum atomic E-state index is 12.4. The fraction of sp³-hybridized carbons (Fsp3) is 0.300. The van der Waals surface area contributed by atoms with Crippen molar-refractivity contribution >= 4 is 11.8 Å². The maximum Gasteiger partial charge on any atom is 0.338 e. The van der Waals surface area contributed by atoms with Crippen molar-refractivity contribution in [1.82, 2.24) is 19.7 Å². The number of ether oxygens (including phenoxy) is 1. The molecule has 1 saturated heterocycles. The first-order valence-corrected chi connectivity index (χ1v) is 9.11. The molecule has 4 rings (SSSR count). The van der Waals surface area contributed by atoms with Crippen LogP contribution in [0, 0.1) is 0 Å². The Labute approximate surface area is 157 Å². The van der Waals surface area contributed by atoms with Crippen LogP contribution < -0.4 is 4.90 Å². The molecule has 138 valence electrons. The summed E-state index contributed by atoms with van der Waals surface area (Å²) in [7, 11) is 0. The molecule has 2 aromatic heterocycles. The molecule has 7 heteroatoms. The number of benzene rings is 1. The number of anilines is 1. The molecule has 0 amide bonds. The van der Waals surface area contributed by atoms with E-state index in [-0.39, 0.29) is 12.0 Å². The minimum absolute atomic E-state index is 0.128. The van der Waals surface area contributed by atoms with Gasteiger partial charge in [0.25, 0.3) is 0 Å². The predicted octanol–water partition coefficient (Wildman–Crippen LogP) is 2.88. The van der Waals surface area contributed by atoms with E-state index >= 15 is 0 Å². The lowest BCUT2D eigenvalue weighted by Crippen LogP contribution is -2.43. The fourth-order valence-corrected chi connectivity index (χ4v) is 3.34. The molecule has 0 bridgehead atoms. The van der Waals surface area contributed by atoms with Crippen LogP contribution in [-0.2, 0) is 4.74 Å². The van der Waals surface area contributed by atoms with E-state index in [1.54, 1.807) is 41.6 Å². The van der Waals surface area contributed by atoms with Crippen LogP contribution in [0.3, 0.4) is 0 Å². The summed E-state index contributed by atoms with van der Waals surface area (Å²) >= 11 is 0. The Kier molecular flexibility index (Phi) is 5.09. The minimum Gasteiger partial charge on any atom is -0.460 e. The first-order valence-electron chi connectivity index (χ1n) is 9.11. The van der Waals surface area contributed by atoms with Gasteiger partial charge in [0.15, 0.2) is 0 Å². The summed E-state index contributed by atoms with van der Waals surface area (Å²) in [4.78, 5) is 23.2. The van der Waals surface area contributed by atoms with Gasteiger partial charge in [0.05, 0.1) is 23.5 Å². The van der Waals surface area contributed by atoms with E-state index in [9.17, 15) is 4.79 Å². The van der Waals surface area contributed by atoms with Crippen LogP contribution >= 0.6 is 0 Å². The molecule has 0 saturated carbocycles. The van der Waals surface area contributed by atoms with Crippen LogP contribution in [0.2, 0.25) is 0 Å². The summed E-state index contributed by atoms with van der Waals surface area (Å²) in [5.41, 5.74) is 1.44. The second-order valence-electron chi connectivity index (χ2n) is 6.50. The maximum absolute atomic E-state index is 12.4. The number of hydrogen-bond acceptors (Lipinski definition) is 6. The number of piperidine rings is 1. The Morgan fingerprint density at radius 2 is 2.04 bits per heavy atom. The predicted molar refractivity (Wildman–Crippen MR) is 101 cm³/mol. The Morgan fingerprint density at radius 3 is 2.78 bits per heavy atom. The van der Waals surface area contributed by atoms with Gasteiger partial charge in [-0.15, -0.1) is 0 Å². The van der Waals surface area contributed by atoms with Crippen LogP contribution in [0.1, 0.15) is 29.6 Å². The lowest BCUT2D eigenvalue weighted by atomic mass is 10.0. The highest BCUT2D eigenvalue weighted by atomic mass is 16.5. The SMILES string of the molecule is O=C(OC[C@H]1CCCCN1c1cnccn1)c1ccc(-n2cccn2)cc1. The smallest absolute Gasteiger partial charge is 0.338 e. The van der Waals surface area contributed by atoms with Crippen molar-refractivity contribution in [2.45, 2.75) is 25.3 Å². The van der Waals surface area contributed by atoms with E-state index in [0.29, 0.717) is 12.2 Å². The zero-order valence-electron chi connectivity index (χ0n) is 14.9. The monoisotopic (exact) mass is 363 g/mol. The zero-order chi connectivity index (χ0) is 18.5. The van der Waals surface area contributed by atoms with Crippen molar-refractivity contribution in [2.24, 2.45) is 0 Å². The van der Waals surface area contributed by atoms with Gasteiger partial charge in [0.1, 0.15) is 12.4 Å². The van der Waals surface area contributed by atoms with Gasteiger partial charge in [0, 0.05) is 31.3 Å². The summed E-state index contributed by atoms with van der Waals surface area (Å²) in [6, 6.07) is 9.23. The Bertz CT molecular complexity index is 865. The molecule has 27 heavy (non-hydrogen) atoms. The third kappa shape index (κ3) is 3.97. The van der Waals surface area contributed by atoms with E-state index in [4.69, 9.17) is 4.74 Å². The van der Waals surface area contributed by atoms with Gasteiger partial charge in [-0.2, -0.15) is 5.10 Å². The minimum atomic E-state index is -0.313. The molecule has 1 aliphatic rings. The molecule has 0 spiro atoms. The van der Waals surface area contributed by atoms with Crippen LogP contribution in [0.5, 0.6) is 0 Å². The first-order chi connectivity index (χ1) is 13.3. The van der Waals surface area contributed by atoms with Crippen molar-refractivity contribution in [3.8, 4) is 5.69 Å².